The molecule has 0 radical (unpaired) electrons. The second-order valence-corrected chi connectivity index (χ2v) is 8.93. The lowest BCUT2D eigenvalue weighted by Gasteiger charge is -2.08. The molecule has 4 rings (SSSR count). The first-order valence-electron chi connectivity index (χ1n) is 10.5. The summed E-state index contributed by atoms with van der Waals surface area (Å²) in [6, 6.07) is 20.0. The Morgan fingerprint density at radius 1 is 1.03 bits per heavy atom. The van der Waals surface area contributed by atoms with Crippen LogP contribution in [-0.4, -0.2) is 28.9 Å². The first kappa shape index (κ1) is 24.0. The molecule has 0 aliphatic rings. The van der Waals surface area contributed by atoms with Crippen molar-refractivity contribution in [2.75, 3.05) is 13.7 Å². The number of halogens is 2. The maximum absolute atomic E-state index is 12.6. The number of benzene rings is 3. The lowest BCUT2D eigenvalue weighted by atomic mass is 10.1. The Bertz CT molecular complexity index is 1300. The van der Waals surface area contributed by atoms with Crippen LogP contribution in [0.5, 0.6) is 16.7 Å². The zero-order valence-corrected chi connectivity index (χ0v) is 20.6. The van der Waals surface area contributed by atoms with Gasteiger partial charge in [-0.25, -0.2) is 0 Å². The molecule has 0 fully saturated rings. The SMILES string of the molecule is COc1cccc(Cc2nsc(Oc3cccc(C(=O)NCCc4ccc(Cl)cc4Cl)c3)n2)c1. The summed E-state index contributed by atoms with van der Waals surface area (Å²) in [5.41, 5.74) is 2.45. The van der Waals surface area contributed by atoms with Crippen molar-refractivity contribution in [2.45, 2.75) is 12.8 Å². The monoisotopic (exact) mass is 513 g/mol. The highest BCUT2D eigenvalue weighted by molar-refractivity contribution is 7.07. The number of aromatic nitrogens is 2. The maximum atomic E-state index is 12.6. The van der Waals surface area contributed by atoms with E-state index in [1.165, 1.54) is 0 Å². The van der Waals surface area contributed by atoms with Crippen LogP contribution >= 0.6 is 34.7 Å². The van der Waals surface area contributed by atoms with Crippen molar-refractivity contribution in [3.63, 3.8) is 0 Å². The summed E-state index contributed by atoms with van der Waals surface area (Å²) in [7, 11) is 1.63. The number of carbonyl (C=O) groups excluding carboxylic acids is 1. The molecule has 1 N–H and O–H groups in total. The number of amides is 1. The molecule has 0 bridgehead atoms. The molecule has 1 aromatic heterocycles. The number of hydrogen-bond donors (Lipinski definition) is 1. The van der Waals surface area contributed by atoms with E-state index in [4.69, 9.17) is 32.7 Å². The van der Waals surface area contributed by atoms with Gasteiger partial charge in [-0.2, -0.15) is 9.36 Å². The molecule has 3 aromatic carbocycles. The Morgan fingerprint density at radius 2 is 1.85 bits per heavy atom. The van der Waals surface area contributed by atoms with Crippen molar-refractivity contribution in [2.24, 2.45) is 0 Å². The van der Waals surface area contributed by atoms with E-state index in [0.29, 0.717) is 51.8 Å². The van der Waals surface area contributed by atoms with E-state index in [0.717, 1.165) is 28.4 Å². The van der Waals surface area contributed by atoms with Crippen molar-refractivity contribution >= 4 is 40.6 Å². The molecular formula is C25H21Cl2N3O3S. The summed E-state index contributed by atoms with van der Waals surface area (Å²) in [5.74, 6) is 1.75. The highest BCUT2D eigenvalue weighted by Crippen LogP contribution is 2.25. The Hall–Kier alpha value is -3.13. The molecular weight excluding hydrogens is 493 g/mol. The number of hydrogen-bond acceptors (Lipinski definition) is 6. The molecule has 0 atom stereocenters. The number of rotatable bonds is 9. The van der Waals surface area contributed by atoms with Gasteiger partial charge >= 0.3 is 0 Å². The van der Waals surface area contributed by atoms with E-state index in [1.807, 2.05) is 30.3 Å². The molecule has 4 aromatic rings. The predicted octanol–water partition coefficient (Wildman–Crippen LogP) is 6.21. The van der Waals surface area contributed by atoms with Crippen LogP contribution < -0.4 is 14.8 Å². The fourth-order valence-electron chi connectivity index (χ4n) is 3.26. The molecule has 0 saturated carbocycles. The molecule has 0 saturated heterocycles. The molecule has 34 heavy (non-hydrogen) atoms. The minimum atomic E-state index is -0.202. The van der Waals surface area contributed by atoms with E-state index < -0.39 is 0 Å². The van der Waals surface area contributed by atoms with Crippen LogP contribution in [0.25, 0.3) is 0 Å². The lowest BCUT2D eigenvalue weighted by Crippen LogP contribution is -2.25. The Labute approximate surface area is 211 Å². The van der Waals surface area contributed by atoms with Crippen molar-refractivity contribution in [3.8, 4) is 16.7 Å². The van der Waals surface area contributed by atoms with Gasteiger partial charge in [0.15, 0.2) is 5.82 Å². The number of carbonyl (C=O) groups is 1. The first-order valence-corrected chi connectivity index (χ1v) is 12.0. The number of nitrogens with one attached hydrogen (secondary N) is 1. The zero-order chi connectivity index (χ0) is 23.9. The Kier molecular flexibility index (Phi) is 8.00. The van der Waals surface area contributed by atoms with Crippen molar-refractivity contribution < 1.29 is 14.3 Å². The van der Waals surface area contributed by atoms with Crippen LogP contribution in [0.2, 0.25) is 10.0 Å². The van der Waals surface area contributed by atoms with Crippen LogP contribution in [0.1, 0.15) is 27.3 Å². The lowest BCUT2D eigenvalue weighted by molar-refractivity contribution is 0.0954. The third kappa shape index (κ3) is 6.47. The van der Waals surface area contributed by atoms with Crippen LogP contribution in [0, 0.1) is 0 Å². The minimum absolute atomic E-state index is 0.202. The van der Waals surface area contributed by atoms with Crippen LogP contribution in [0.15, 0.2) is 66.7 Å². The minimum Gasteiger partial charge on any atom is -0.497 e. The molecule has 9 heteroatoms. The number of ether oxygens (including phenoxy) is 2. The molecule has 174 valence electrons. The molecule has 1 amide bonds. The van der Waals surface area contributed by atoms with Gasteiger partial charge in [0.1, 0.15) is 11.5 Å². The van der Waals surface area contributed by atoms with Crippen LogP contribution in [0.3, 0.4) is 0 Å². The molecule has 0 aliphatic carbocycles. The van der Waals surface area contributed by atoms with Gasteiger partial charge in [0.2, 0.25) is 0 Å². The molecule has 1 heterocycles. The Balaban J connectivity index is 1.33. The third-order valence-electron chi connectivity index (χ3n) is 4.94. The highest BCUT2D eigenvalue weighted by atomic mass is 35.5. The summed E-state index contributed by atoms with van der Waals surface area (Å²) < 4.78 is 15.5. The van der Waals surface area contributed by atoms with Gasteiger partial charge in [0.05, 0.1) is 7.11 Å². The largest absolute Gasteiger partial charge is 0.497 e. The fourth-order valence-corrected chi connectivity index (χ4v) is 4.33. The van der Waals surface area contributed by atoms with Gasteiger partial charge in [0.25, 0.3) is 11.1 Å². The van der Waals surface area contributed by atoms with Gasteiger partial charge in [-0.3, -0.25) is 4.79 Å². The van der Waals surface area contributed by atoms with E-state index >= 15 is 0 Å². The molecule has 0 spiro atoms. The highest BCUT2D eigenvalue weighted by Gasteiger charge is 2.11. The summed E-state index contributed by atoms with van der Waals surface area (Å²) in [6.07, 6.45) is 1.16. The maximum Gasteiger partial charge on any atom is 0.298 e. The van der Waals surface area contributed by atoms with Crippen LogP contribution in [0.4, 0.5) is 0 Å². The van der Waals surface area contributed by atoms with Gasteiger partial charge in [0, 0.05) is 40.1 Å². The molecule has 0 aliphatic heterocycles. The summed E-state index contributed by atoms with van der Waals surface area (Å²) >= 11 is 13.3. The second kappa shape index (κ2) is 11.3. The van der Waals surface area contributed by atoms with Crippen molar-refractivity contribution in [1.82, 2.24) is 14.7 Å². The second-order valence-electron chi connectivity index (χ2n) is 7.38. The predicted molar refractivity (Wildman–Crippen MR) is 135 cm³/mol. The van der Waals surface area contributed by atoms with E-state index in [1.54, 1.807) is 43.5 Å². The van der Waals surface area contributed by atoms with Gasteiger partial charge in [-0.1, -0.05) is 47.5 Å². The first-order chi connectivity index (χ1) is 16.5. The summed E-state index contributed by atoms with van der Waals surface area (Å²) in [4.78, 5) is 17.0. The Morgan fingerprint density at radius 3 is 2.68 bits per heavy atom. The van der Waals surface area contributed by atoms with Gasteiger partial charge in [-0.15, -0.1) is 0 Å². The topological polar surface area (TPSA) is 73.3 Å². The molecule has 6 nitrogen and oxygen atoms in total. The number of nitrogens with zero attached hydrogens (tertiary/aromatic N) is 2. The zero-order valence-electron chi connectivity index (χ0n) is 18.3. The average molecular weight is 514 g/mol. The normalized spacial score (nSPS) is 10.7. The molecule has 0 unspecified atom stereocenters. The van der Waals surface area contributed by atoms with Crippen molar-refractivity contribution in [3.05, 3.63) is 99.3 Å². The third-order valence-corrected chi connectivity index (χ3v) is 6.16. The quantitative estimate of drug-likeness (QED) is 0.288. The smallest absolute Gasteiger partial charge is 0.298 e. The van der Waals surface area contributed by atoms with E-state index in [9.17, 15) is 4.79 Å². The summed E-state index contributed by atoms with van der Waals surface area (Å²) in [6.45, 7) is 0.440. The van der Waals surface area contributed by atoms with Crippen molar-refractivity contribution in [1.29, 1.82) is 0 Å². The summed E-state index contributed by atoms with van der Waals surface area (Å²) in [5, 5.41) is 4.47. The number of methoxy groups -OCH3 is 1. The standard InChI is InChI=1S/C25H21Cl2N3O3S/c1-32-20-6-2-4-16(12-20)13-23-29-25(34-30-23)33-21-7-3-5-18(14-21)24(31)28-11-10-17-8-9-19(26)15-22(17)27/h2-9,12,14-15H,10-11,13H2,1H3,(H,28,31). The average Bonchev–Trinajstić information content (AvgIpc) is 3.27. The van der Waals surface area contributed by atoms with Gasteiger partial charge in [-0.05, 0) is 60.0 Å². The van der Waals surface area contributed by atoms with Gasteiger partial charge < -0.3 is 14.8 Å². The van der Waals surface area contributed by atoms with E-state index in [2.05, 4.69) is 14.7 Å². The van der Waals surface area contributed by atoms with E-state index in [-0.39, 0.29) is 5.91 Å². The van der Waals surface area contributed by atoms with Crippen LogP contribution in [-0.2, 0) is 12.8 Å². The fraction of sp³-hybridized carbons (Fsp3) is 0.160.